The number of carboxylic acids is 1. The van der Waals surface area contributed by atoms with Gasteiger partial charge in [-0.25, -0.2) is 9.48 Å². The fraction of sp³-hybridized carbons (Fsp3) is 0.0909. The van der Waals surface area contributed by atoms with Crippen LogP contribution in [-0.2, 0) is 0 Å². The summed E-state index contributed by atoms with van der Waals surface area (Å²) in [6.07, 6.45) is 1.68. The summed E-state index contributed by atoms with van der Waals surface area (Å²) in [5.41, 5.74) is 1.68. The van der Waals surface area contributed by atoms with Gasteiger partial charge in [0, 0.05) is 10.7 Å². The van der Waals surface area contributed by atoms with Crippen LogP contribution in [0.15, 0.2) is 28.9 Å². The Kier molecular flexibility index (Phi) is 3.22. The number of carbonyl (C=O) groups is 1. The van der Waals surface area contributed by atoms with E-state index in [4.69, 9.17) is 16.7 Å². The van der Waals surface area contributed by atoms with Crippen LogP contribution < -0.4 is 0 Å². The van der Waals surface area contributed by atoms with Crippen molar-refractivity contribution in [3.8, 4) is 5.69 Å². The Hall–Kier alpha value is -1.33. The molecule has 2 rings (SSSR count). The highest BCUT2D eigenvalue weighted by molar-refractivity contribution is 9.10. The van der Waals surface area contributed by atoms with Crippen LogP contribution in [0.5, 0.6) is 0 Å². The predicted molar refractivity (Wildman–Crippen MR) is 68.0 cm³/mol. The van der Waals surface area contributed by atoms with Crippen molar-refractivity contribution in [1.29, 1.82) is 0 Å². The standard InChI is InChI=1S/C11H8BrClN2O2/c1-6-9(13)5-15(14-6)10-3-2-7(11(16)17)4-8(10)12/h2-5H,1H3,(H,16,17). The smallest absolute Gasteiger partial charge is 0.335 e. The zero-order valence-electron chi connectivity index (χ0n) is 8.82. The van der Waals surface area contributed by atoms with Crippen LogP contribution in [0.2, 0.25) is 5.02 Å². The van der Waals surface area contributed by atoms with Crippen LogP contribution in [0.4, 0.5) is 0 Å². The van der Waals surface area contributed by atoms with Crippen molar-refractivity contribution in [1.82, 2.24) is 9.78 Å². The quantitative estimate of drug-likeness (QED) is 0.925. The van der Waals surface area contributed by atoms with Gasteiger partial charge in [-0.1, -0.05) is 11.6 Å². The molecular weight excluding hydrogens is 307 g/mol. The molecule has 1 aromatic carbocycles. The zero-order chi connectivity index (χ0) is 12.6. The average Bonchev–Trinajstić information content (AvgIpc) is 2.58. The largest absolute Gasteiger partial charge is 0.478 e. The molecule has 4 nitrogen and oxygen atoms in total. The Morgan fingerprint density at radius 2 is 2.24 bits per heavy atom. The summed E-state index contributed by atoms with van der Waals surface area (Å²) < 4.78 is 2.25. The van der Waals surface area contributed by atoms with Gasteiger partial charge in [-0.05, 0) is 41.1 Å². The van der Waals surface area contributed by atoms with Crippen molar-refractivity contribution in [3.63, 3.8) is 0 Å². The van der Waals surface area contributed by atoms with Gasteiger partial charge in [-0.3, -0.25) is 0 Å². The minimum absolute atomic E-state index is 0.218. The molecule has 0 bridgehead atoms. The van der Waals surface area contributed by atoms with Crippen molar-refractivity contribution in [2.45, 2.75) is 6.92 Å². The summed E-state index contributed by atoms with van der Waals surface area (Å²) in [5, 5.41) is 13.6. The van der Waals surface area contributed by atoms with E-state index in [-0.39, 0.29) is 5.56 Å². The predicted octanol–water partition coefficient (Wildman–Crippen LogP) is 3.29. The zero-order valence-corrected chi connectivity index (χ0v) is 11.2. The summed E-state index contributed by atoms with van der Waals surface area (Å²) in [7, 11) is 0. The van der Waals surface area contributed by atoms with Gasteiger partial charge in [0.2, 0.25) is 0 Å². The molecule has 6 heteroatoms. The summed E-state index contributed by atoms with van der Waals surface area (Å²) >= 11 is 9.24. The number of nitrogens with zero attached hydrogens (tertiary/aromatic N) is 2. The number of aromatic carboxylic acids is 1. The van der Waals surface area contributed by atoms with E-state index in [9.17, 15) is 4.79 Å². The van der Waals surface area contributed by atoms with E-state index in [1.807, 2.05) is 0 Å². The SMILES string of the molecule is Cc1nn(-c2ccc(C(=O)O)cc2Br)cc1Cl. The van der Waals surface area contributed by atoms with Crippen LogP contribution in [0.1, 0.15) is 16.1 Å². The molecule has 0 saturated carbocycles. The summed E-state index contributed by atoms with van der Waals surface area (Å²) in [6, 6.07) is 4.73. The lowest BCUT2D eigenvalue weighted by Gasteiger charge is -2.05. The highest BCUT2D eigenvalue weighted by Crippen LogP contribution is 2.24. The lowest BCUT2D eigenvalue weighted by Crippen LogP contribution is -2.00. The Morgan fingerprint density at radius 3 is 2.71 bits per heavy atom. The molecular formula is C11H8BrClN2O2. The molecule has 2 aromatic rings. The van der Waals surface area contributed by atoms with Crippen LogP contribution >= 0.6 is 27.5 Å². The first-order valence-electron chi connectivity index (χ1n) is 4.74. The molecule has 0 radical (unpaired) electrons. The summed E-state index contributed by atoms with van der Waals surface area (Å²) in [6.45, 7) is 1.80. The molecule has 1 heterocycles. The number of hydrogen-bond donors (Lipinski definition) is 1. The minimum atomic E-state index is -0.966. The third-order valence-electron chi connectivity index (χ3n) is 2.28. The second-order valence-corrected chi connectivity index (χ2v) is 4.74. The summed E-state index contributed by atoms with van der Waals surface area (Å²) in [4.78, 5) is 10.8. The van der Waals surface area contributed by atoms with E-state index in [0.29, 0.717) is 9.50 Å². The molecule has 1 aromatic heterocycles. The van der Waals surface area contributed by atoms with Gasteiger partial charge in [0.05, 0.1) is 22.0 Å². The molecule has 88 valence electrons. The van der Waals surface area contributed by atoms with Crippen molar-refractivity contribution in [2.24, 2.45) is 0 Å². The molecule has 0 atom stereocenters. The fourth-order valence-electron chi connectivity index (χ4n) is 1.39. The number of halogens is 2. The molecule has 0 saturated heterocycles. The van der Waals surface area contributed by atoms with Gasteiger partial charge in [0.25, 0.3) is 0 Å². The Bertz CT molecular complexity index is 576. The number of benzene rings is 1. The topological polar surface area (TPSA) is 55.1 Å². The van der Waals surface area contributed by atoms with E-state index < -0.39 is 5.97 Å². The number of hydrogen-bond acceptors (Lipinski definition) is 2. The maximum absolute atomic E-state index is 10.8. The van der Waals surface area contributed by atoms with Crippen LogP contribution in [-0.4, -0.2) is 20.9 Å². The first kappa shape index (κ1) is 12.1. The van der Waals surface area contributed by atoms with E-state index in [0.717, 1.165) is 11.4 Å². The maximum Gasteiger partial charge on any atom is 0.335 e. The summed E-state index contributed by atoms with van der Waals surface area (Å²) in [5.74, 6) is -0.966. The molecule has 0 unspecified atom stereocenters. The Labute approximate surface area is 111 Å². The van der Waals surface area contributed by atoms with Crippen molar-refractivity contribution in [3.05, 3.63) is 45.1 Å². The van der Waals surface area contributed by atoms with Crippen LogP contribution in [0, 0.1) is 6.92 Å². The Morgan fingerprint density at radius 1 is 1.53 bits per heavy atom. The van der Waals surface area contributed by atoms with E-state index in [1.165, 1.54) is 12.1 Å². The lowest BCUT2D eigenvalue weighted by atomic mass is 10.2. The molecule has 0 aliphatic carbocycles. The van der Waals surface area contributed by atoms with Crippen molar-refractivity contribution < 1.29 is 9.90 Å². The second-order valence-electron chi connectivity index (χ2n) is 3.48. The number of rotatable bonds is 2. The normalized spacial score (nSPS) is 10.5. The van der Waals surface area contributed by atoms with Gasteiger partial charge in [0.1, 0.15) is 0 Å². The van der Waals surface area contributed by atoms with Gasteiger partial charge in [-0.15, -0.1) is 0 Å². The third-order valence-corrected chi connectivity index (χ3v) is 3.29. The van der Waals surface area contributed by atoms with Crippen molar-refractivity contribution in [2.75, 3.05) is 0 Å². The van der Waals surface area contributed by atoms with Gasteiger partial charge < -0.3 is 5.11 Å². The molecule has 0 aliphatic heterocycles. The number of carboxylic acid groups (broad SMARTS) is 1. The van der Waals surface area contributed by atoms with Gasteiger partial charge in [-0.2, -0.15) is 5.10 Å². The van der Waals surface area contributed by atoms with Gasteiger partial charge in [0.15, 0.2) is 0 Å². The highest BCUT2D eigenvalue weighted by atomic mass is 79.9. The molecule has 0 fully saturated rings. The van der Waals surface area contributed by atoms with Crippen LogP contribution in [0.25, 0.3) is 5.69 Å². The van der Waals surface area contributed by atoms with Crippen molar-refractivity contribution >= 4 is 33.5 Å². The monoisotopic (exact) mass is 314 g/mol. The Balaban J connectivity index is 2.50. The van der Waals surface area contributed by atoms with E-state index in [1.54, 1.807) is 23.9 Å². The molecule has 1 N–H and O–H groups in total. The first-order valence-corrected chi connectivity index (χ1v) is 5.91. The number of aryl methyl sites for hydroxylation is 1. The third kappa shape index (κ3) is 2.35. The van der Waals surface area contributed by atoms with Gasteiger partial charge >= 0.3 is 5.97 Å². The second kappa shape index (κ2) is 4.50. The highest BCUT2D eigenvalue weighted by Gasteiger charge is 2.10. The number of aromatic nitrogens is 2. The molecule has 0 aliphatic rings. The molecule has 0 amide bonds. The minimum Gasteiger partial charge on any atom is -0.478 e. The van der Waals surface area contributed by atoms with E-state index >= 15 is 0 Å². The van der Waals surface area contributed by atoms with E-state index in [2.05, 4.69) is 21.0 Å². The molecule has 0 spiro atoms. The maximum atomic E-state index is 10.8. The first-order chi connectivity index (χ1) is 7.99. The van der Waals surface area contributed by atoms with Crippen LogP contribution in [0.3, 0.4) is 0 Å². The fourth-order valence-corrected chi connectivity index (χ4v) is 2.08. The average molecular weight is 316 g/mol. The lowest BCUT2D eigenvalue weighted by molar-refractivity contribution is 0.0697. The molecule has 17 heavy (non-hydrogen) atoms.